The van der Waals surface area contributed by atoms with E-state index >= 15 is 0 Å². The Balaban J connectivity index is 1.16. The van der Waals surface area contributed by atoms with Crippen molar-refractivity contribution in [2.75, 3.05) is 125 Å². The summed E-state index contributed by atoms with van der Waals surface area (Å²) in [6.07, 6.45) is 13.4. The third-order valence-electron chi connectivity index (χ3n) is 7.96. The van der Waals surface area contributed by atoms with Crippen LogP contribution in [0.4, 0.5) is 0 Å². The molecule has 0 N–H and O–H groups in total. The van der Waals surface area contributed by atoms with Crippen molar-refractivity contribution in [2.45, 2.75) is 71.1 Å². The van der Waals surface area contributed by atoms with Crippen LogP contribution >= 0.6 is 0 Å². The van der Waals surface area contributed by atoms with Gasteiger partial charge in [-0.3, -0.25) is 14.5 Å². The first-order valence-electron chi connectivity index (χ1n) is 18.9. The first kappa shape index (κ1) is 44.2. The predicted octanol–water partition coefficient (Wildman–Crippen LogP) is 5.35. The predicted molar refractivity (Wildman–Crippen MR) is 191 cm³/mol. The minimum Gasteiger partial charge on any atom is -0.379 e. The normalized spacial score (nSPS) is 12.8. The number of hydrogen-bond donors (Lipinski definition) is 0. The van der Waals surface area contributed by atoms with Gasteiger partial charge in [-0.25, -0.2) is 0 Å². The van der Waals surface area contributed by atoms with Crippen LogP contribution in [-0.2, 0) is 42.6 Å². The van der Waals surface area contributed by atoms with E-state index in [0.29, 0.717) is 117 Å². The van der Waals surface area contributed by atoms with Crippen molar-refractivity contribution in [3.05, 3.63) is 35.4 Å². The SMILES string of the molecule is CCCCCCCCCCCCOCCOCCOCCOCCOCCOCCOCCOCCOCCN1C(=O)c2ccccc2C1=O. The fourth-order valence-electron chi connectivity index (χ4n) is 5.15. The molecular formula is C38H65NO11. The summed E-state index contributed by atoms with van der Waals surface area (Å²) in [6, 6.07) is 6.84. The molecule has 0 saturated carbocycles. The van der Waals surface area contributed by atoms with Gasteiger partial charge in [-0.05, 0) is 18.6 Å². The number of ether oxygens (including phenoxy) is 9. The molecule has 0 bridgehead atoms. The molecule has 0 aliphatic carbocycles. The highest BCUT2D eigenvalue weighted by atomic mass is 16.6. The zero-order valence-corrected chi connectivity index (χ0v) is 30.8. The maximum Gasteiger partial charge on any atom is 0.261 e. The average Bonchev–Trinajstić information content (AvgIpc) is 3.37. The molecule has 288 valence electrons. The molecule has 2 rings (SSSR count). The summed E-state index contributed by atoms with van der Waals surface area (Å²) >= 11 is 0. The van der Waals surface area contributed by atoms with Gasteiger partial charge in [0.2, 0.25) is 0 Å². The minimum absolute atomic E-state index is 0.219. The Morgan fingerprint density at radius 2 is 0.660 bits per heavy atom. The van der Waals surface area contributed by atoms with Crippen molar-refractivity contribution in [1.29, 1.82) is 0 Å². The second-order valence-corrected chi connectivity index (χ2v) is 12.0. The number of benzene rings is 1. The molecule has 50 heavy (non-hydrogen) atoms. The topological polar surface area (TPSA) is 120 Å². The highest BCUT2D eigenvalue weighted by Gasteiger charge is 2.34. The Morgan fingerprint density at radius 3 is 1.00 bits per heavy atom. The van der Waals surface area contributed by atoms with Crippen LogP contribution in [0.5, 0.6) is 0 Å². The molecule has 1 aliphatic rings. The lowest BCUT2D eigenvalue weighted by atomic mass is 10.1. The quantitative estimate of drug-likeness (QED) is 0.0652. The van der Waals surface area contributed by atoms with Gasteiger partial charge >= 0.3 is 0 Å². The molecule has 0 unspecified atom stereocenters. The van der Waals surface area contributed by atoms with Gasteiger partial charge in [-0.2, -0.15) is 0 Å². The largest absolute Gasteiger partial charge is 0.379 e. The molecule has 0 aromatic heterocycles. The van der Waals surface area contributed by atoms with Gasteiger partial charge in [0.1, 0.15) is 0 Å². The lowest BCUT2D eigenvalue weighted by Gasteiger charge is -2.13. The Labute approximate surface area is 300 Å². The molecular weight excluding hydrogens is 646 g/mol. The van der Waals surface area contributed by atoms with Crippen LogP contribution in [0.1, 0.15) is 91.8 Å². The van der Waals surface area contributed by atoms with E-state index in [1.165, 1.54) is 62.7 Å². The van der Waals surface area contributed by atoms with Crippen LogP contribution in [0.2, 0.25) is 0 Å². The van der Waals surface area contributed by atoms with Crippen LogP contribution in [-0.4, -0.2) is 142 Å². The molecule has 0 fully saturated rings. The van der Waals surface area contributed by atoms with Crippen molar-refractivity contribution < 1.29 is 52.2 Å². The second kappa shape index (κ2) is 32.9. The standard InChI is InChI=1S/C38H65NO11/c1-2-3-4-5-6-7-8-9-10-13-17-42-19-21-44-23-25-46-27-29-48-31-33-50-34-32-49-30-28-47-26-24-45-22-20-43-18-16-39-37(40)35-14-11-12-15-36(35)38(39)41/h11-12,14-15H,2-10,13,16-34H2,1H3. The van der Waals surface area contributed by atoms with E-state index < -0.39 is 0 Å². The fourth-order valence-corrected chi connectivity index (χ4v) is 5.15. The number of amides is 2. The van der Waals surface area contributed by atoms with E-state index in [1.54, 1.807) is 24.3 Å². The molecule has 2 amide bonds. The van der Waals surface area contributed by atoms with Crippen molar-refractivity contribution in [2.24, 2.45) is 0 Å². The molecule has 12 nitrogen and oxygen atoms in total. The summed E-state index contributed by atoms with van der Waals surface area (Å²) in [5, 5.41) is 0. The maximum absolute atomic E-state index is 12.3. The Kier molecular flexibility index (Phi) is 29.0. The van der Waals surface area contributed by atoms with Crippen molar-refractivity contribution in [3.8, 4) is 0 Å². The number of rotatable bonds is 38. The van der Waals surface area contributed by atoms with E-state index in [4.69, 9.17) is 42.6 Å². The molecule has 1 aromatic carbocycles. The zero-order valence-electron chi connectivity index (χ0n) is 30.8. The molecule has 0 saturated heterocycles. The molecule has 0 spiro atoms. The molecule has 0 atom stereocenters. The number of fused-ring (bicyclic) bond motifs is 1. The Morgan fingerprint density at radius 1 is 0.380 bits per heavy atom. The summed E-state index contributed by atoms with van der Waals surface area (Å²) in [5.41, 5.74) is 0.893. The summed E-state index contributed by atoms with van der Waals surface area (Å²) in [4.78, 5) is 25.8. The molecule has 0 radical (unpaired) electrons. The Bertz CT molecular complexity index is 916. The monoisotopic (exact) mass is 711 g/mol. The van der Waals surface area contributed by atoms with Crippen LogP contribution in [0.3, 0.4) is 0 Å². The lowest BCUT2D eigenvalue weighted by Crippen LogP contribution is -2.33. The first-order valence-corrected chi connectivity index (χ1v) is 18.9. The van der Waals surface area contributed by atoms with E-state index in [9.17, 15) is 9.59 Å². The summed E-state index contributed by atoms with van der Waals surface area (Å²) < 4.78 is 49.7. The van der Waals surface area contributed by atoms with E-state index in [1.807, 2.05) is 0 Å². The third kappa shape index (κ3) is 22.7. The van der Waals surface area contributed by atoms with Gasteiger partial charge in [-0.15, -0.1) is 0 Å². The molecule has 1 heterocycles. The van der Waals surface area contributed by atoms with Crippen LogP contribution in [0.15, 0.2) is 24.3 Å². The van der Waals surface area contributed by atoms with E-state index in [0.717, 1.165) is 13.0 Å². The number of carbonyl (C=O) groups excluding carboxylic acids is 2. The van der Waals surface area contributed by atoms with Gasteiger partial charge in [0.05, 0.1) is 130 Å². The van der Waals surface area contributed by atoms with Crippen LogP contribution < -0.4 is 0 Å². The van der Waals surface area contributed by atoms with Crippen molar-refractivity contribution >= 4 is 11.8 Å². The zero-order chi connectivity index (χ0) is 35.6. The number of imide groups is 1. The minimum atomic E-state index is -0.273. The molecule has 1 aliphatic heterocycles. The number of nitrogens with zero attached hydrogens (tertiary/aromatic N) is 1. The number of carbonyl (C=O) groups is 2. The van der Waals surface area contributed by atoms with Gasteiger partial charge in [0, 0.05) is 6.61 Å². The first-order chi connectivity index (χ1) is 24.8. The van der Waals surface area contributed by atoms with E-state index in [2.05, 4.69) is 6.92 Å². The fraction of sp³-hybridized carbons (Fsp3) is 0.789. The lowest BCUT2D eigenvalue weighted by molar-refractivity contribution is -0.0252. The smallest absolute Gasteiger partial charge is 0.261 e. The maximum atomic E-state index is 12.3. The highest BCUT2D eigenvalue weighted by molar-refractivity contribution is 6.21. The summed E-state index contributed by atoms with van der Waals surface area (Å²) in [6.45, 7) is 11.6. The van der Waals surface area contributed by atoms with Crippen molar-refractivity contribution in [1.82, 2.24) is 4.90 Å². The van der Waals surface area contributed by atoms with Crippen LogP contribution in [0, 0.1) is 0 Å². The second-order valence-electron chi connectivity index (χ2n) is 12.0. The van der Waals surface area contributed by atoms with Gasteiger partial charge < -0.3 is 42.6 Å². The van der Waals surface area contributed by atoms with Crippen molar-refractivity contribution in [3.63, 3.8) is 0 Å². The van der Waals surface area contributed by atoms with Crippen LogP contribution in [0.25, 0.3) is 0 Å². The summed E-state index contributed by atoms with van der Waals surface area (Å²) in [7, 11) is 0. The van der Waals surface area contributed by atoms with E-state index in [-0.39, 0.29) is 25.0 Å². The van der Waals surface area contributed by atoms with Gasteiger partial charge in [0.25, 0.3) is 11.8 Å². The number of hydrogen-bond acceptors (Lipinski definition) is 11. The average molecular weight is 712 g/mol. The summed E-state index contributed by atoms with van der Waals surface area (Å²) in [5.74, 6) is -0.546. The van der Waals surface area contributed by atoms with Gasteiger partial charge in [0.15, 0.2) is 0 Å². The Hall–Kier alpha value is -2.00. The highest BCUT2D eigenvalue weighted by Crippen LogP contribution is 2.21. The molecule has 1 aromatic rings. The van der Waals surface area contributed by atoms with Gasteiger partial charge in [-0.1, -0.05) is 76.8 Å². The number of unbranched alkanes of at least 4 members (excludes halogenated alkanes) is 9. The third-order valence-corrected chi connectivity index (χ3v) is 7.96. The molecule has 12 heteroatoms.